The largest absolute Gasteiger partial charge is 0.399 e. The van der Waals surface area contributed by atoms with Gasteiger partial charge in [-0.15, -0.1) is 0 Å². The van der Waals surface area contributed by atoms with Crippen molar-refractivity contribution in [2.24, 2.45) is 10.9 Å². The number of pyridine rings is 1. The van der Waals surface area contributed by atoms with E-state index in [9.17, 15) is 8.78 Å². The molecule has 4 aromatic rings. The van der Waals surface area contributed by atoms with Gasteiger partial charge in [-0.05, 0) is 59.9 Å². The Kier molecular flexibility index (Phi) is 6.85. The summed E-state index contributed by atoms with van der Waals surface area (Å²) in [4.78, 5) is 11.8. The van der Waals surface area contributed by atoms with Crippen molar-refractivity contribution in [2.75, 3.05) is 25.1 Å². The van der Waals surface area contributed by atoms with E-state index in [0.29, 0.717) is 16.1 Å². The number of rotatable bonds is 5. The van der Waals surface area contributed by atoms with E-state index in [1.165, 1.54) is 19.2 Å². The number of oxime groups is 1. The number of hydrogen-bond acceptors (Lipinski definition) is 5. The second-order valence-corrected chi connectivity index (χ2v) is 9.26. The van der Waals surface area contributed by atoms with E-state index in [2.05, 4.69) is 15.0 Å². The normalized spacial score (nSPS) is 14.6. The van der Waals surface area contributed by atoms with E-state index in [1.54, 1.807) is 18.5 Å². The van der Waals surface area contributed by atoms with E-state index in [-0.39, 0.29) is 6.04 Å². The predicted molar refractivity (Wildman–Crippen MR) is 142 cm³/mol. The highest BCUT2D eigenvalue weighted by molar-refractivity contribution is 6.33. The van der Waals surface area contributed by atoms with E-state index >= 15 is 0 Å². The van der Waals surface area contributed by atoms with E-state index in [1.807, 2.05) is 30.3 Å². The molecule has 8 heteroatoms. The second-order valence-electron chi connectivity index (χ2n) is 8.85. The Morgan fingerprint density at radius 1 is 1.03 bits per heavy atom. The molecular weight excluding hydrogens is 482 g/mol. The Balaban J connectivity index is 1.75. The van der Waals surface area contributed by atoms with Crippen LogP contribution < -0.4 is 10.6 Å². The van der Waals surface area contributed by atoms with Gasteiger partial charge in [-0.1, -0.05) is 35.0 Å². The molecule has 1 aliphatic heterocycles. The molecule has 0 spiro atoms. The molecule has 3 aromatic carbocycles. The molecule has 0 amide bonds. The summed E-state index contributed by atoms with van der Waals surface area (Å²) >= 11 is 6.48. The molecule has 1 fully saturated rings. The lowest BCUT2D eigenvalue weighted by molar-refractivity contribution is 0.215. The monoisotopic (exact) mass is 506 g/mol. The fourth-order valence-corrected chi connectivity index (χ4v) is 4.98. The highest BCUT2D eigenvalue weighted by Gasteiger charge is 2.23. The zero-order valence-corrected chi connectivity index (χ0v) is 20.5. The minimum atomic E-state index is -0.633. The third kappa shape index (κ3) is 4.76. The summed E-state index contributed by atoms with van der Waals surface area (Å²) in [5.74, 6) is -1.27. The van der Waals surface area contributed by atoms with Gasteiger partial charge in [0, 0.05) is 47.9 Å². The average Bonchev–Trinajstić information content (AvgIpc) is 2.87. The van der Waals surface area contributed by atoms with Crippen LogP contribution in [0.15, 0.2) is 65.9 Å². The van der Waals surface area contributed by atoms with Gasteiger partial charge in [-0.2, -0.15) is 0 Å². The Labute approximate surface area is 213 Å². The molecule has 2 N–H and O–H groups in total. The first-order chi connectivity index (χ1) is 17.4. The Bertz CT molecular complexity index is 1430. The van der Waals surface area contributed by atoms with Crippen molar-refractivity contribution in [1.82, 2.24) is 4.98 Å². The van der Waals surface area contributed by atoms with Crippen LogP contribution in [0.3, 0.4) is 0 Å². The molecular formula is C28H25ClF2N4O. The van der Waals surface area contributed by atoms with Gasteiger partial charge in [0.2, 0.25) is 0 Å². The molecule has 1 saturated heterocycles. The number of piperidine rings is 1. The average molecular weight is 507 g/mol. The topological polar surface area (TPSA) is 63.7 Å². The lowest BCUT2D eigenvalue weighted by Gasteiger charge is -2.34. The zero-order valence-electron chi connectivity index (χ0n) is 19.7. The summed E-state index contributed by atoms with van der Waals surface area (Å²) in [5, 5.41) is 5.32. The second kappa shape index (κ2) is 10.2. The molecule has 1 aromatic heterocycles. The van der Waals surface area contributed by atoms with Crippen LogP contribution in [0.5, 0.6) is 0 Å². The number of anilines is 1. The summed E-state index contributed by atoms with van der Waals surface area (Å²) in [5.41, 5.74) is 11.4. The molecule has 5 rings (SSSR count). The first-order valence-electron chi connectivity index (χ1n) is 11.7. The van der Waals surface area contributed by atoms with E-state index < -0.39 is 11.6 Å². The minimum Gasteiger partial charge on any atom is -0.399 e. The Morgan fingerprint density at radius 2 is 1.78 bits per heavy atom. The summed E-state index contributed by atoms with van der Waals surface area (Å²) in [6, 6.07) is 15.3. The number of nitrogens with two attached hydrogens (primary N) is 1. The van der Waals surface area contributed by atoms with Crippen molar-refractivity contribution < 1.29 is 13.6 Å². The molecule has 0 bridgehead atoms. The standard InChI is InChI=1S/C28H25ClF2N4O/c1-36-34-16-25-22(3-2-4-26(25)29)17-5-6-27-23(13-17)28(35-9-7-21(32)8-10-35)24(15-33-27)18-11-19(30)14-20(31)12-18/h2-6,11-16,21H,7-10,32H2,1H3. The number of fused-ring (bicyclic) bond motifs is 1. The molecule has 1 aliphatic rings. The smallest absolute Gasteiger partial charge is 0.126 e. The predicted octanol–water partition coefficient (Wildman–Crippen LogP) is 6.41. The van der Waals surface area contributed by atoms with Crippen molar-refractivity contribution in [1.29, 1.82) is 0 Å². The van der Waals surface area contributed by atoms with Crippen LogP contribution in [0.25, 0.3) is 33.2 Å². The summed E-state index contributed by atoms with van der Waals surface area (Å²) in [7, 11) is 1.47. The van der Waals surface area contributed by atoms with Crippen molar-refractivity contribution in [3.05, 3.63) is 83.0 Å². The highest BCUT2D eigenvalue weighted by atomic mass is 35.5. The van der Waals surface area contributed by atoms with Crippen molar-refractivity contribution in [3.63, 3.8) is 0 Å². The molecule has 5 nitrogen and oxygen atoms in total. The first-order valence-corrected chi connectivity index (χ1v) is 12.1. The van der Waals surface area contributed by atoms with Crippen LogP contribution in [0.2, 0.25) is 5.02 Å². The third-order valence-corrected chi connectivity index (χ3v) is 6.85. The fourth-order valence-electron chi connectivity index (χ4n) is 4.76. The first kappa shape index (κ1) is 24.2. The van der Waals surface area contributed by atoms with Gasteiger partial charge in [-0.25, -0.2) is 8.78 Å². The molecule has 184 valence electrons. The van der Waals surface area contributed by atoms with Gasteiger partial charge in [0.05, 0.1) is 22.4 Å². The van der Waals surface area contributed by atoms with Crippen LogP contribution in [-0.4, -0.2) is 37.4 Å². The Morgan fingerprint density at radius 3 is 2.50 bits per heavy atom. The molecule has 0 aliphatic carbocycles. The van der Waals surface area contributed by atoms with Gasteiger partial charge in [0.1, 0.15) is 18.7 Å². The van der Waals surface area contributed by atoms with Crippen LogP contribution in [0.1, 0.15) is 18.4 Å². The quantitative estimate of drug-likeness (QED) is 0.251. The zero-order chi connectivity index (χ0) is 25.2. The summed E-state index contributed by atoms with van der Waals surface area (Å²) in [6.07, 6.45) is 4.92. The molecule has 0 unspecified atom stereocenters. The summed E-state index contributed by atoms with van der Waals surface area (Å²) < 4.78 is 28.4. The SMILES string of the molecule is CON=Cc1c(Cl)cccc1-c1ccc2ncc(-c3cc(F)cc(F)c3)c(N3CCC(N)CC3)c2c1. The maximum atomic E-state index is 14.2. The molecule has 0 atom stereocenters. The van der Waals surface area contributed by atoms with Crippen LogP contribution in [-0.2, 0) is 4.84 Å². The number of hydrogen-bond donors (Lipinski definition) is 1. The fraction of sp³-hybridized carbons (Fsp3) is 0.214. The van der Waals surface area contributed by atoms with Crippen LogP contribution in [0.4, 0.5) is 14.5 Å². The lowest BCUT2D eigenvalue weighted by Crippen LogP contribution is -2.40. The Hall–Kier alpha value is -3.55. The molecule has 2 heterocycles. The van der Waals surface area contributed by atoms with Crippen LogP contribution >= 0.6 is 11.6 Å². The molecule has 0 radical (unpaired) electrons. The minimum absolute atomic E-state index is 0.133. The third-order valence-electron chi connectivity index (χ3n) is 6.52. The van der Waals surface area contributed by atoms with Crippen molar-refractivity contribution in [2.45, 2.75) is 18.9 Å². The summed E-state index contributed by atoms with van der Waals surface area (Å²) in [6.45, 7) is 1.47. The van der Waals surface area contributed by atoms with Gasteiger partial charge < -0.3 is 15.5 Å². The highest BCUT2D eigenvalue weighted by Crippen LogP contribution is 2.40. The lowest BCUT2D eigenvalue weighted by atomic mass is 9.95. The number of nitrogens with zero attached hydrogens (tertiary/aromatic N) is 3. The van der Waals surface area contributed by atoms with Gasteiger partial charge in [0.25, 0.3) is 0 Å². The number of benzene rings is 3. The van der Waals surface area contributed by atoms with Gasteiger partial charge in [0.15, 0.2) is 0 Å². The van der Waals surface area contributed by atoms with Gasteiger partial charge >= 0.3 is 0 Å². The molecule has 36 heavy (non-hydrogen) atoms. The van der Waals surface area contributed by atoms with E-state index in [4.69, 9.17) is 22.2 Å². The van der Waals surface area contributed by atoms with Gasteiger partial charge in [-0.3, -0.25) is 4.98 Å². The van der Waals surface area contributed by atoms with E-state index in [0.717, 1.165) is 65.3 Å². The van der Waals surface area contributed by atoms with Crippen LogP contribution in [0, 0.1) is 11.6 Å². The number of halogens is 3. The molecule has 0 saturated carbocycles. The van der Waals surface area contributed by atoms with Crippen molar-refractivity contribution >= 4 is 34.4 Å². The van der Waals surface area contributed by atoms with Crippen molar-refractivity contribution in [3.8, 4) is 22.3 Å². The number of aromatic nitrogens is 1. The maximum Gasteiger partial charge on any atom is 0.126 e. The maximum absolute atomic E-state index is 14.2.